The lowest BCUT2D eigenvalue weighted by molar-refractivity contribution is 0.285. The first-order chi connectivity index (χ1) is 7.56. The molecule has 0 radical (unpaired) electrons. The fourth-order valence-corrected chi connectivity index (χ4v) is 2.01. The number of benzene rings is 1. The highest BCUT2D eigenvalue weighted by atomic mass is 15.1. The zero-order valence-electron chi connectivity index (χ0n) is 10.6. The Morgan fingerprint density at radius 3 is 2.56 bits per heavy atom. The maximum atomic E-state index is 8.70. The summed E-state index contributed by atoms with van der Waals surface area (Å²) in [5.74, 6) is 0. The lowest BCUT2D eigenvalue weighted by Gasteiger charge is -2.25. The van der Waals surface area contributed by atoms with Gasteiger partial charge in [-0.15, -0.1) is 0 Å². The Morgan fingerprint density at radius 1 is 1.31 bits per heavy atom. The Kier molecular flexibility index (Phi) is 4.52. The van der Waals surface area contributed by atoms with Gasteiger partial charge in [0.15, 0.2) is 0 Å². The second-order valence-electron chi connectivity index (χ2n) is 4.54. The van der Waals surface area contributed by atoms with E-state index in [-0.39, 0.29) is 0 Å². The van der Waals surface area contributed by atoms with Gasteiger partial charge >= 0.3 is 0 Å². The van der Waals surface area contributed by atoms with Crippen LogP contribution in [0, 0.1) is 25.2 Å². The predicted octanol–water partition coefficient (Wildman–Crippen LogP) is 3.21. The number of hydrogen-bond acceptors (Lipinski definition) is 2. The van der Waals surface area contributed by atoms with Crippen LogP contribution in [-0.4, -0.2) is 19.0 Å². The number of hydrogen-bond donors (Lipinski definition) is 0. The fraction of sp³-hybridized carbons (Fsp3) is 0.500. The van der Waals surface area contributed by atoms with Gasteiger partial charge in [0, 0.05) is 12.5 Å². The van der Waals surface area contributed by atoms with Gasteiger partial charge in [0.25, 0.3) is 0 Å². The largest absolute Gasteiger partial charge is 0.302 e. The number of rotatable bonds is 4. The van der Waals surface area contributed by atoms with Crippen molar-refractivity contribution in [1.29, 1.82) is 5.26 Å². The molecule has 0 amide bonds. The fourth-order valence-electron chi connectivity index (χ4n) is 2.01. The summed E-state index contributed by atoms with van der Waals surface area (Å²) in [7, 11) is 4.15. The second kappa shape index (κ2) is 5.67. The van der Waals surface area contributed by atoms with Gasteiger partial charge in [0.2, 0.25) is 0 Å². The molecule has 0 saturated heterocycles. The van der Waals surface area contributed by atoms with Crippen molar-refractivity contribution in [3.63, 3.8) is 0 Å². The molecule has 0 aromatic heterocycles. The minimum atomic E-state index is 0.347. The summed E-state index contributed by atoms with van der Waals surface area (Å²) in [5, 5.41) is 8.70. The summed E-state index contributed by atoms with van der Waals surface area (Å²) >= 11 is 0. The summed E-state index contributed by atoms with van der Waals surface area (Å²) < 4.78 is 0. The van der Waals surface area contributed by atoms with Crippen LogP contribution in [0.2, 0.25) is 0 Å². The monoisotopic (exact) mass is 216 g/mol. The summed E-state index contributed by atoms with van der Waals surface area (Å²) in [6.45, 7) is 4.25. The Labute approximate surface area is 98.5 Å². The lowest BCUT2D eigenvalue weighted by Crippen LogP contribution is -2.20. The van der Waals surface area contributed by atoms with Crippen molar-refractivity contribution >= 4 is 0 Å². The van der Waals surface area contributed by atoms with Gasteiger partial charge in [0.1, 0.15) is 0 Å². The minimum Gasteiger partial charge on any atom is -0.302 e. The Balaban J connectivity index is 3.01. The summed E-state index contributed by atoms with van der Waals surface area (Å²) in [4.78, 5) is 2.19. The molecule has 0 fully saturated rings. The van der Waals surface area contributed by atoms with E-state index in [0.29, 0.717) is 12.5 Å². The zero-order chi connectivity index (χ0) is 12.1. The van der Waals surface area contributed by atoms with Gasteiger partial charge in [-0.05, 0) is 45.5 Å². The van der Waals surface area contributed by atoms with E-state index in [4.69, 9.17) is 5.26 Å². The van der Waals surface area contributed by atoms with Gasteiger partial charge < -0.3 is 4.90 Å². The van der Waals surface area contributed by atoms with Crippen LogP contribution in [0.3, 0.4) is 0 Å². The number of nitriles is 1. The molecular formula is C14H20N2. The molecule has 1 aromatic rings. The van der Waals surface area contributed by atoms with Gasteiger partial charge in [-0.2, -0.15) is 5.26 Å². The molecular weight excluding hydrogens is 196 g/mol. The average Bonchev–Trinajstić information content (AvgIpc) is 2.23. The molecule has 1 rings (SSSR count). The molecule has 1 atom stereocenters. The highest BCUT2D eigenvalue weighted by molar-refractivity contribution is 5.33. The molecule has 2 heteroatoms. The van der Waals surface area contributed by atoms with Crippen LogP contribution in [0.25, 0.3) is 0 Å². The van der Waals surface area contributed by atoms with Crippen LogP contribution in [0.15, 0.2) is 18.2 Å². The molecule has 0 spiro atoms. The lowest BCUT2D eigenvalue weighted by atomic mass is 9.95. The molecule has 1 aromatic carbocycles. The molecule has 2 nitrogen and oxygen atoms in total. The van der Waals surface area contributed by atoms with Crippen molar-refractivity contribution < 1.29 is 0 Å². The standard InChI is InChI=1S/C14H20N2/c1-11-7-8-12(2)13(10-11)14(16(3)4)6-5-9-15/h7-8,10,14H,5-6H2,1-4H3. The molecule has 0 aliphatic heterocycles. The van der Waals surface area contributed by atoms with Gasteiger partial charge in [-0.25, -0.2) is 0 Å². The SMILES string of the molecule is Cc1ccc(C)c(C(CCC#N)N(C)C)c1. The summed E-state index contributed by atoms with van der Waals surface area (Å²) in [6.07, 6.45) is 1.50. The Bertz CT molecular complexity index is 388. The first kappa shape index (κ1) is 12.7. The zero-order valence-corrected chi connectivity index (χ0v) is 10.6. The third-order valence-corrected chi connectivity index (χ3v) is 2.95. The Hall–Kier alpha value is -1.33. The first-order valence-corrected chi connectivity index (χ1v) is 5.66. The molecule has 0 aliphatic carbocycles. The normalized spacial score (nSPS) is 12.5. The highest BCUT2D eigenvalue weighted by Gasteiger charge is 2.15. The molecule has 16 heavy (non-hydrogen) atoms. The van der Waals surface area contributed by atoms with Crippen LogP contribution in [0.5, 0.6) is 0 Å². The molecule has 0 N–H and O–H groups in total. The van der Waals surface area contributed by atoms with E-state index in [9.17, 15) is 0 Å². The maximum Gasteiger partial charge on any atom is 0.0622 e. The number of aryl methyl sites for hydroxylation is 2. The third-order valence-electron chi connectivity index (χ3n) is 2.95. The summed E-state index contributed by atoms with van der Waals surface area (Å²) in [6, 6.07) is 9.11. The second-order valence-corrected chi connectivity index (χ2v) is 4.54. The maximum absolute atomic E-state index is 8.70. The smallest absolute Gasteiger partial charge is 0.0622 e. The van der Waals surface area contributed by atoms with E-state index in [1.165, 1.54) is 16.7 Å². The van der Waals surface area contributed by atoms with Crippen LogP contribution in [0.4, 0.5) is 0 Å². The third kappa shape index (κ3) is 3.08. The molecule has 0 saturated carbocycles. The topological polar surface area (TPSA) is 27.0 Å². The van der Waals surface area contributed by atoms with E-state index in [1.807, 2.05) is 0 Å². The van der Waals surface area contributed by atoms with Crippen molar-refractivity contribution in [2.24, 2.45) is 0 Å². The molecule has 0 aliphatic rings. The van der Waals surface area contributed by atoms with E-state index >= 15 is 0 Å². The predicted molar refractivity (Wildman–Crippen MR) is 67.2 cm³/mol. The average molecular weight is 216 g/mol. The van der Waals surface area contributed by atoms with Gasteiger partial charge in [0.05, 0.1) is 6.07 Å². The van der Waals surface area contributed by atoms with Gasteiger partial charge in [-0.1, -0.05) is 23.8 Å². The van der Waals surface area contributed by atoms with Crippen LogP contribution in [-0.2, 0) is 0 Å². The molecule has 0 heterocycles. The summed E-state index contributed by atoms with van der Waals surface area (Å²) in [5.41, 5.74) is 3.94. The van der Waals surface area contributed by atoms with Crippen LogP contribution < -0.4 is 0 Å². The van der Waals surface area contributed by atoms with Crippen molar-refractivity contribution in [2.75, 3.05) is 14.1 Å². The quantitative estimate of drug-likeness (QED) is 0.772. The first-order valence-electron chi connectivity index (χ1n) is 5.66. The van der Waals surface area contributed by atoms with Crippen LogP contribution >= 0.6 is 0 Å². The van der Waals surface area contributed by atoms with Crippen molar-refractivity contribution in [3.05, 3.63) is 34.9 Å². The van der Waals surface area contributed by atoms with E-state index < -0.39 is 0 Å². The van der Waals surface area contributed by atoms with E-state index in [0.717, 1.165) is 6.42 Å². The molecule has 1 unspecified atom stereocenters. The van der Waals surface area contributed by atoms with E-state index in [1.54, 1.807) is 0 Å². The van der Waals surface area contributed by atoms with Crippen molar-refractivity contribution in [2.45, 2.75) is 32.7 Å². The van der Waals surface area contributed by atoms with E-state index in [2.05, 4.69) is 57.1 Å². The Morgan fingerprint density at radius 2 is 2.00 bits per heavy atom. The number of nitrogens with zero attached hydrogens (tertiary/aromatic N) is 2. The molecule has 0 bridgehead atoms. The highest BCUT2D eigenvalue weighted by Crippen LogP contribution is 2.26. The van der Waals surface area contributed by atoms with Gasteiger partial charge in [-0.3, -0.25) is 0 Å². The van der Waals surface area contributed by atoms with Crippen molar-refractivity contribution in [1.82, 2.24) is 4.90 Å². The van der Waals surface area contributed by atoms with Crippen molar-refractivity contribution in [3.8, 4) is 6.07 Å². The van der Waals surface area contributed by atoms with Crippen LogP contribution in [0.1, 0.15) is 35.6 Å². The minimum absolute atomic E-state index is 0.347. The molecule has 86 valence electrons.